The number of terminal acetylenes is 1. The van der Waals surface area contributed by atoms with Gasteiger partial charge in [0.25, 0.3) is 0 Å². The van der Waals surface area contributed by atoms with Gasteiger partial charge in [-0.15, -0.1) is 6.42 Å². The fourth-order valence-corrected chi connectivity index (χ4v) is 5.22. The van der Waals surface area contributed by atoms with Crippen molar-refractivity contribution in [1.29, 1.82) is 0 Å². The Labute approximate surface area is 247 Å². The Morgan fingerprint density at radius 3 is 2.52 bits per heavy atom. The molecule has 2 aromatic heterocycles. The van der Waals surface area contributed by atoms with Crippen LogP contribution in [0.25, 0.3) is 56.7 Å². The molecule has 0 aliphatic carbocycles. The lowest BCUT2D eigenvalue weighted by atomic mass is 9.96. The molecular formula is C39H33N3. The van der Waals surface area contributed by atoms with Crippen molar-refractivity contribution >= 4 is 57.4 Å². The van der Waals surface area contributed by atoms with E-state index in [4.69, 9.17) is 16.4 Å². The highest BCUT2D eigenvalue weighted by atomic mass is 14.7. The second kappa shape index (κ2) is 12.9. The minimum absolute atomic E-state index is 0.746. The first-order valence-corrected chi connectivity index (χ1v) is 14.1. The first kappa shape index (κ1) is 28.2. The lowest BCUT2D eigenvalue weighted by molar-refractivity contribution is 1.21. The van der Waals surface area contributed by atoms with Crippen molar-refractivity contribution < 1.29 is 0 Å². The predicted octanol–water partition coefficient (Wildman–Crippen LogP) is 8.23. The average Bonchev–Trinajstić information content (AvgIpc) is 3.03. The van der Waals surface area contributed by atoms with Crippen LogP contribution in [0.1, 0.15) is 37.6 Å². The summed E-state index contributed by atoms with van der Waals surface area (Å²) in [6, 6.07) is 25.2. The van der Waals surface area contributed by atoms with Gasteiger partial charge in [0.2, 0.25) is 0 Å². The van der Waals surface area contributed by atoms with Crippen molar-refractivity contribution in [2.24, 2.45) is 4.99 Å². The summed E-state index contributed by atoms with van der Waals surface area (Å²) in [7, 11) is 0. The van der Waals surface area contributed by atoms with Gasteiger partial charge < -0.3 is 0 Å². The number of pyridine rings is 2. The number of aromatic nitrogens is 2. The molecule has 0 saturated heterocycles. The number of fused-ring (bicyclic) bond motifs is 2. The highest BCUT2D eigenvalue weighted by Crippen LogP contribution is 2.37. The second-order valence-corrected chi connectivity index (χ2v) is 9.86. The Bertz CT molecular complexity index is 2070. The summed E-state index contributed by atoms with van der Waals surface area (Å²) < 4.78 is 0. The molecule has 2 heterocycles. The summed E-state index contributed by atoms with van der Waals surface area (Å²) >= 11 is 0. The van der Waals surface area contributed by atoms with Gasteiger partial charge >= 0.3 is 0 Å². The van der Waals surface area contributed by atoms with Crippen LogP contribution in [0.2, 0.25) is 0 Å². The summed E-state index contributed by atoms with van der Waals surface area (Å²) in [4.78, 5) is 14.5. The monoisotopic (exact) mass is 543 g/mol. The maximum absolute atomic E-state index is 5.74. The van der Waals surface area contributed by atoms with Crippen molar-refractivity contribution in [3.05, 3.63) is 125 Å². The van der Waals surface area contributed by atoms with Crippen LogP contribution in [-0.2, 0) is 6.42 Å². The third kappa shape index (κ3) is 5.75. The van der Waals surface area contributed by atoms with Gasteiger partial charge in [-0.3, -0.25) is 4.99 Å². The number of hydrogen-bond acceptors (Lipinski definition) is 3. The minimum atomic E-state index is 0.746. The van der Waals surface area contributed by atoms with E-state index in [9.17, 15) is 0 Å². The van der Waals surface area contributed by atoms with Crippen LogP contribution in [0, 0.1) is 12.3 Å². The van der Waals surface area contributed by atoms with E-state index in [1.807, 2.05) is 51.3 Å². The largest absolute Gasteiger partial charge is 0.260 e. The SMILES string of the molecule is C#C/C=c1/nc(-c2cc(C=C)c(N=CC)c3ccccc23)cc/c1=C/Cc1ccc2nc(C(/C=C\C)=C/C)ccc2c1. The van der Waals surface area contributed by atoms with E-state index in [0.29, 0.717) is 0 Å². The predicted molar refractivity (Wildman–Crippen MR) is 182 cm³/mol. The Balaban J connectivity index is 1.53. The van der Waals surface area contributed by atoms with E-state index < -0.39 is 0 Å². The molecule has 3 nitrogen and oxygen atoms in total. The van der Waals surface area contributed by atoms with Gasteiger partial charge in [0.05, 0.1) is 27.9 Å². The smallest absolute Gasteiger partial charge is 0.0789 e. The van der Waals surface area contributed by atoms with Crippen molar-refractivity contribution in [2.45, 2.75) is 27.2 Å². The number of rotatable bonds is 7. The lowest BCUT2D eigenvalue weighted by Gasteiger charge is -2.12. The van der Waals surface area contributed by atoms with Crippen molar-refractivity contribution in [2.75, 3.05) is 0 Å². The van der Waals surface area contributed by atoms with E-state index >= 15 is 0 Å². The Kier molecular flexibility index (Phi) is 8.66. The molecule has 42 heavy (non-hydrogen) atoms. The molecule has 0 atom stereocenters. The fraction of sp³-hybridized carbons (Fsp3) is 0.103. The van der Waals surface area contributed by atoms with Crippen molar-refractivity contribution in [3.63, 3.8) is 0 Å². The molecular weight excluding hydrogens is 510 g/mol. The lowest BCUT2D eigenvalue weighted by Crippen LogP contribution is -2.28. The summed E-state index contributed by atoms with van der Waals surface area (Å²) in [5, 5.41) is 5.02. The van der Waals surface area contributed by atoms with Crippen molar-refractivity contribution in [1.82, 2.24) is 9.97 Å². The van der Waals surface area contributed by atoms with Gasteiger partial charge in [0, 0.05) is 34.2 Å². The molecule has 0 radical (unpaired) electrons. The number of aliphatic imine (C=N–C) groups is 1. The van der Waals surface area contributed by atoms with E-state index in [2.05, 4.69) is 96.4 Å². The molecule has 5 rings (SSSR count). The quantitative estimate of drug-likeness (QED) is 0.118. The molecule has 0 saturated carbocycles. The standard InChI is InChI=1S/C39H33N3/c1-6-13-28(8-3)36-23-21-31-25-27(18-22-37(31)41-36)17-19-30-20-24-38(42-35(30)14-7-2)34-26-29(9-4)39(40-10-5)33-16-12-11-15-32(33)34/h2,6,8-16,18-26H,4,17H2,1,3,5H3/b13-6-,28-8+,30-19-,35-14+,40-10?. The Hall–Kier alpha value is -5.33. The molecule has 5 aromatic rings. The number of benzene rings is 3. The number of allylic oxidation sites excluding steroid dienone is 4. The van der Waals surface area contributed by atoms with Crippen LogP contribution in [0.5, 0.6) is 0 Å². The third-order valence-electron chi connectivity index (χ3n) is 7.24. The highest BCUT2D eigenvalue weighted by Gasteiger charge is 2.12. The average molecular weight is 544 g/mol. The zero-order chi connectivity index (χ0) is 29.5. The molecule has 0 fully saturated rings. The van der Waals surface area contributed by atoms with Crippen LogP contribution in [-0.4, -0.2) is 16.2 Å². The van der Waals surface area contributed by atoms with Crippen LogP contribution in [0.15, 0.2) is 103 Å². The molecule has 0 N–H and O–H groups in total. The van der Waals surface area contributed by atoms with E-state index in [0.717, 1.165) is 72.4 Å². The van der Waals surface area contributed by atoms with Crippen molar-refractivity contribution in [3.8, 4) is 23.6 Å². The molecule has 0 aliphatic heterocycles. The zero-order valence-electron chi connectivity index (χ0n) is 24.3. The summed E-state index contributed by atoms with van der Waals surface area (Å²) in [5.41, 5.74) is 8.01. The molecule has 0 unspecified atom stereocenters. The topological polar surface area (TPSA) is 38.1 Å². The molecule has 0 bridgehead atoms. The number of nitrogens with zero attached hydrogens (tertiary/aromatic N) is 3. The molecule has 0 amide bonds. The molecule has 204 valence electrons. The summed E-state index contributed by atoms with van der Waals surface area (Å²) in [5.74, 6) is 2.68. The summed E-state index contributed by atoms with van der Waals surface area (Å²) in [6.45, 7) is 10.0. The van der Waals surface area contributed by atoms with Gasteiger partial charge in [-0.2, -0.15) is 0 Å². The maximum Gasteiger partial charge on any atom is 0.0789 e. The Morgan fingerprint density at radius 1 is 0.952 bits per heavy atom. The van der Waals surface area contributed by atoms with Gasteiger partial charge in [0.1, 0.15) is 0 Å². The molecule has 3 aromatic carbocycles. The van der Waals surface area contributed by atoms with Gasteiger partial charge in [-0.25, -0.2) is 9.97 Å². The molecule has 0 spiro atoms. The zero-order valence-corrected chi connectivity index (χ0v) is 24.3. The van der Waals surface area contributed by atoms with Crippen LogP contribution in [0.3, 0.4) is 0 Å². The number of hydrogen-bond donors (Lipinski definition) is 0. The molecule has 0 aliphatic rings. The first-order chi connectivity index (χ1) is 20.6. The Morgan fingerprint density at radius 2 is 1.79 bits per heavy atom. The maximum atomic E-state index is 5.74. The minimum Gasteiger partial charge on any atom is -0.260 e. The van der Waals surface area contributed by atoms with Crippen LogP contribution in [0.4, 0.5) is 5.69 Å². The first-order valence-electron chi connectivity index (χ1n) is 14.1. The van der Waals surface area contributed by atoms with E-state index in [-0.39, 0.29) is 0 Å². The van der Waals surface area contributed by atoms with E-state index in [1.165, 1.54) is 5.56 Å². The fourth-order valence-electron chi connectivity index (χ4n) is 5.22. The van der Waals surface area contributed by atoms with Gasteiger partial charge in [-0.1, -0.05) is 85.3 Å². The second-order valence-electron chi connectivity index (χ2n) is 9.86. The highest BCUT2D eigenvalue weighted by molar-refractivity contribution is 6.05. The van der Waals surface area contributed by atoms with Crippen LogP contribution >= 0.6 is 0 Å². The van der Waals surface area contributed by atoms with E-state index in [1.54, 1.807) is 6.08 Å². The van der Waals surface area contributed by atoms with Crippen LogP contribution < -0.4 is 10.6 Å². The molecule has 3 heteroatoms. The van der Waals surface area contributed by atoms with Gasteiger partial charge in [0.15, 0.2) is 0 Å². The normalized spacial score (nSPS) is 13.0. The van der Waals surface area contributed by atoms with Gasteiger partial charge in [-0.05, 0) is 79.3 Å². The summed E-state index contributed by atoms with van der Waals surface area (Å²) in [6.07, 6.45) is 20.2. The third-order valence-corrected chi connectivity index (χ3v) is 7.24.